The summed E-state index contributed by atoms with van der Waals surface area (Å²) in [4.78, 5) is 27.1. The molecule has 0 unspecified atom stereocenters. The average molecular weight is 647 g/mol. The summed E-state index contributed by atoms with van der Waals surface area (Å²) in [6, 6.07) is 7.64. The molecule has 0 atom stereocenters. The molecular formula is C29H43ClN10O5. The second-order valence-electron chi connectivity index (χ2n) is 10.3. The Kier molecular flexibility index (Phi) is 13.2. The van der Waals surface area contributed by atoms with Crippen molar-refractivity contribution in [1.82, 2.24) is 40.1 Å². The molecule has 2 saturated heterocycles. The predicted molar refractivity (Wildman–Crippen MR) is 170 cm³/mol. The van der Waals surface area contributed by atoms with E-state index in [1.54, 1.807) is 0 Å². The Morgan fingerprint density at radius 3 is 1.71 bits per heavy atom. The molecular weight excluding hydrogens is 604 g/mol. The summed E-state index contributed by atoms with van der Waals surface area (Å²) in [6.07, 6.45) is 4.08. The number of benzene rings is 1. The average Bonchev–Trinajstić information content (AvgIpc) is 3.07. The summed E-state index contributed by atoms with van der Waals surface area (Å²) >= 11 is 6.18. The fourth-order valence-corrected chi connectivity index (χ4v) is 5.08. The molecule has 1 aromatic carbocycles. The molecule has 0 aliphatic carbocycles. The van der Waals surface area contributed by atoms with E-state index in [4.69, 9.17) is 35.3 Å². The van der Waals surface area contributed by atoms with Crippen LogP contribution in [0, 0.1) is 0 Å². The van der Waals surface area contributed by atoms with E-state index in [1.165, 1.54) is 34.0 Å². The highest BCUT2D eigenvalue weighted by Crippen LogP contribution is 2.27. The monoisotopic (exact) mass is 646 g/mol. The second kappa shape index (κ2) is 17.5. The lowest BCUT2D eigenvalue weighted by atomic mass is 10.0. The fourth-order valence-electron chi connectivity index (χ4n) is 4.91. The van der Waals surface area contributed by atoms with Gasteiger partial charge in [-0.2, -0.15) is 19.9 Å². The molecule has 5 rings (SSSR count). The lowest BCUT2D eigenvalue weighted by molar-refractivity contribution is 0.210. The maximum atomic E-state index is 6.18. The topological polar surface area (TPSA) is 163 Å². The van der Waals surface area contributed by atoms with Crippen LogP contribution in [0.15, 0.2) is 18.2 Å². The Morgan fingerprint density at radius 1 is 0.756 bits per heavy atom. The number of likely N-dealkylation sites (tertiary alicyclic amines) is 1. The van der Waals surface area contributed by atoms with Gasteiger partial charge in [0.15, 0.2) is 0 Å². The van der Waals surface area contributed by atoms with Crippen molar-refractivity contribution >= 4 is 23.5 Å². The summed E-state index contributed by atoms with van der Waals surface area (Å²) in [7, 11) is 6.07. The molecule has 0 bridgehead atoms. The van der Waals surface area contributed by atoms with Gasteiger partial charge in [0.1, 0.15) is 5.75 Å². The molecule has 2 aliphatic rings. The summed E-state index contributed by atoms with van der Waals surface area (Å²) in [5.74, 6) is 1.72. The van der Waals surface area contributed by atoms with E-state index in [1.807, 2.05) is 19.1 Å². The van der Waals surface area contributed by atoms with Gasteiger partial charge in [0.05, 0.1) is 40.1 Å². The van der Waals surface area contributed by atoms with Crippen LogP contribution >= 0.6 is 11.6 Å². The number of hydrogen-bond donors (Lipinski definition) is 3. The van der Waals surface area contributed by atoms with Crippen LogP contribution in [0.2, 0.25) is 5.02 Å². The third-order valence-corrected chi connectivity index (χ3v) is 7.53. The fraction of sp³-hybridized carbons (Fsp3) is 0.586. The number of nitrogens with zero attached hydrogens (tertiary/aromatic N) is 7. The highest BCUT2D eigenvalue weighted by atomic mass is 35.5. The highest BCUT2D eigenvalue weighted by Gasteiger charge is 2.21. The number of hydrogen-bond acceptors (Lipinski definition) is 15. The lowest BCUT2D eigenvalue weighted by Gasteiger charge is -2.32. The van der Waals surface area contributed by atoms with Crippen molar-refractivity contribution in [3.05, 3.63) is 28.8 Å². The van der Waals surface area contributed by atoms with Crippen LogP contribution in [0.5, 0.6) is 29.8 Å². The van der Waals surface area contributed by atoms with Crippen LogP contribution in [-0.2, 0) is 6.54 Å². The van der Waals surface area contributed by atoms with Crippen molar-refractivity contribution < 1.29 is 23.7 Å². The van der Waals surface area contributed by atoms with E-state index in [0.717, 1.165) is 64.2 Å². The molecule has 2 aromatic heterocycles. The first-order chi connectivity index (χ1) is 21.9. The minimum absolute atomic E-state index is 0.236. The van der Waals surface area contributed by atoms with Gasteiger partial charge in [-0.05, 0) is 63.4 Å². The number of methoxy groups -OCH3 is 4. The quantitative estimate of drug-likeness (QED) is 0.263. The van der Waals surface area contributed by atoms with Gasteiger partial charge in [0.25, 0.3) is 0 Å². The number of nitrogens with one attached hydrogen (secondary N) is 3. The van der Waals surface area contributed by atoms with Gasteiger partial charge >= 0.3 is 24.0 Å². The van der Waals surface area contributed by atoms with Crippen molar-refractivity contribution in [3.63, 3.8) is 0 Å². The van der Waals surface area contributed by atoms with Gasteiger partial charge in [-0.1, -0.05) is 17.7 Å². The van der Waals surface area contributed by atoms with Gasteiger partial charge in [0, 0.05) is 31.7 Å². The van der Waals surface area contributed by atoms with Crippen molar-refractivity contribution in [2.75, 3.05) is 71.9 Å². The minimum Gasteiger partial charge on any atom is -0.492 e. The van der Waals surface area contributed by atoms with Crippen LogP contribution in [0.25, 0.3) is 0 Å². The highest BCUT2D eigenvalue weighted by molar-refractivity contribution is 6.32. The minimum atomic E-state index is 0.236. The van der Waals surface area contributed by atoms with Gasteiger partial charge in [-0.15, -0.1) is 9.97 Å². The Bertz CT molecular complexity index is 1300. The lowest BCUT2D eigenvalue weighted by Crippen LogP contribution is -2.39. The number of ether oxygens (including phenoxy) is 5. The molecule has 2 aliphatic heterocycles. The van der Waals surface area contributed by atoms with Crippen LogP contribution in [0.3, 0.4) is 0 Å². The molecule has 3 aromatic rings. The Morgan fingerprint density at radius 2 is 1.24 bits per heavy atom. The molecule has 45 heavy (non-hydrogen) atoms. The van der Waals surface area contributed by atoms with Gasteiger partial charge in [-0.3, -0.25) is 4.90 Å². The zero-order valence-corrected chi connectivity index (χ0v) is 27.3. The summed E-state index contributed by atoms with van der Waals surface area (Å²) < 4.78 is 25.8. The summed E-state index contributed by atoms with van der Waals surface area (Å²) in [6.45, 7) is 7.41. The van der Waals surface area contributed by atoms with E-state index >= 15 is 0 Å². The van der Waals surface area contributed by atoms with Crippen molar-refractivity contribution in [2.45, 2.75) is 51.2 Å². The van der Waals surface area contributed by atoms with Gasteiger partial charge in [-0.25, -0.2) is 0 Å². The smallest absolute Gasteiger partial charge is 0.324 e. The van der Waals surface area contributed by atoms with E-state index in [0.29, 0.717) is 29.6 Å². The number of aromatic nitrogens is 6. The SMILES string of the molecule is CCOc1cc(CN2CCC(Nc3nc(OC)nc(OC)n3)CC2)ccc1Cl.COc1nc(NC2CCNCC2)nc(OC)n1. The number of halogens is 1. The molecule has 4 heterocycles. The van der Waals surface area contributed by atoms with Crippen LogP contribution in [0.1, 0.15) is 38.2 Å². The first kappa shape index (κ1) is 33.9. The third-order valence-electron chi connectivity index (χ3n) is 7.21. The molecule has 0 spiro atoms. The zero-order valence-electron chi connectivity index (χ0n) is 26.5. The number of rotatable bonds is 12. The summed E-state index contributed by atoms with van der Waals surface area (Å²) in [5, 5.41) is 10.6. The maximum absolute atomic E-state index is 6.18. The van der Waals surface area contributed by atoms with Crippen molar-refractivity contribution in [1.29, 1.82) is 0 Å². The third kappa shape index (κ3) is 10.6. The largest absolute Gasteiger partial charge is 0.492 e. The van der Waals surface area contributed by atoms with Crippen molar-refractivity contribution in [3.8, 4) is 29.8 Å². The van der Waals surface area contributed by atoms with Crippen LogP contribution in [-0.4, -0.2) is 108 Å². The molecule has 3 N–H and O–H groups in total. The molecule has 0 saturated carbocycles. The molecule has 246 valence electrons. The Balaban J connectivity index is 0.000000231. The van der Waals surface area contributed by atoms with Gasteiger partial charge < -0.3 is 39.6 Å². The van der Waals surface area contributed by atoms with E-state index in [-0.39, 0.29) is 30.1 Å². The van der Waals surface area contributed by atoms with E-state index in [9.17, 15) is 0 Å². The Labute approximate surface area is 268 Å². The first-order valence-electron chi connectivity index (χ1n) is 15.0. The van der Waals surface area contributed by atoms with Crippen LogP contribution in [0.4, 0.5) is 11.9 Å². The number of anilines is 2. The van der Waals surface area contributed by atoms with Crippen molar-refractivity contribution in [2.24, 2.45) is 0 Å². The second-order valence-corrected chi connectivity index (χ2v) is 10.7. The molecule has 15 nitrogen and oxygen atoms in total. The summed E-state index contributed by atoms with van der Waals surface area (Å²) in [5.41, 5.74) is 1.20. The molecule has 2 fully saturated rings. The molecule has 0 radical (unpaired) electrons. The first-order valence-corrected chi connectivity index (χ1v) is 15.4. The molecule has 0 amide bonds. The Hall–Kier alpha value is -3.95. The molecule has 16 heteroatoms. The van der Waals surface area contributed by atoms with Crippen LogP contribution < -0.4 is 39.6 Å². The van der Waals surface area contributed by atoms with E-state index in [2.05, 4.69) is 56.8 Å². The standard InChI is InChI=1S/C19H26ClN5O3.C10H17N5O2/c1-4-28-16-11-13(5-6-15(16)20)12-25-9-7-14(8-10-25)21-17-22-18(26-2)24-19(23-17)27-3;1-16-9-13-8(14-10(15-9)17-2)12-7-3-5-11-6-4-7/h5-6,11,14H,4,7-10,12H2,1-3H3,(H,21,22,23,24);7,11H,3-6H2,1-2H3,(H,12,13,14,15). The van der Waals surface area contributed by atoms with Gasteiger partial charge in [0.2, 0.25) is 11.9 Å². The number of piperidine rings is 2. The normalized spacial score (nSPS) is 15.8. The maximum Gasteiger partial charge on any atom is 0.324 e. The van der Waals surface area contributed by atoms with E-state index < -0.39 is 0 Å². The predicted octanol–water partition coefficient (Wildman–Crippen LogP) is 3.07. The zero-order chi connectivity index (χ0) is 32.0.